The fourth-order valence-corrected chi connectivity index (χ4v) is 0.539. The second-order valence-corrected chi connectivity index (χ2v) is 2.10. The zero-order valence-electron chi connectivity index (χ0n) is 8.64. The van der Waals surface area contributed by atoms with Crippen molar-refractivity contribution < 1.29 is 42.9 Å². The Morgan fingerprint density at radius 2 is 1.23 bits per heavy atom. The molecule has 0 rings (SSSR count). The zero-order valence-corrected chi connectivity index (χ0v) is 10.2. The first-order chi connectivity index (χ1) is 4.83. The summed E-state index contributed by atoms with van der Waals surface area (Å²) in [6.45, 7) is 4.46. The third-order valence-corrected chi connectivity index (χ3v) is 1.01. The van der Waals surface area contributed by atoms with Crippen LogP contribution in [0.2, 0.25) is 0 Å². The molecule has 0 aromatic heterocycles. The SMILES string of the molecule is CCCCCCO.CCO.O.O.[Ti]. The zero-order chi connectivity index (χ0) is 8.24. The summed E-state index contributed by atoms with van der Waals surface area (Å²) in [5.41, 5.74) is 0. The van der Waals surface area contributed by atoms with Crippen molar-refractivity contribution in [3.8, 4) is 0 Å². The number of rotatable bonds is 4. The van der Waals surface area contributed by atoms with E-state index in [-0.39, 0.29) is 39.3 Å². The molecule has 0 heterocycles. The van der Waals surface area contributed by atoms with E-state index in [1.165, 1.54) is 19.3 Å². The van der Waals surface area contributed by atoms with Crippen molar-refractivity contribution in [2.24, 2.45) is 0 Å². The molecule has 0 aliphatic rings. The van der Waals surface area contributed by atoms with Crippen molar-refractivity contribution >= 4 is 0 Å². The summed E-state index contributed by atoms with van der Waals surface area (Å²) in [6.07, 6.45) is 4.68. The van der Waals surface area contributed by atoms with Gasteiger partial charge in [0.1, 0.15) is 0 Å². The average Bonchev–Trinajstić information content (AvgIpc) is 1.91. The molecular formula is C8H24O4Ti. The fraction of sp³-hybridized carbons (Fsp3) is 1.00. The predicted molar refractivity (Wildman–Crippen MR) is 51.2 cm³/mol. The van der Waals surface area contributed by atoms with Gasteiger partial charge in [-0.2, -0.15) is 0 Å². The molecule has 0 atom stereocenters. The molecule has 4 nitrogen and oxygen atoms in total. The van der Waals surface area contributed by atoms with Crippen LogP contribution in [0.5, 0.6) is 0 Å². The number of aliphatic hydroxyl groups excluding tert-OH is 2. The van der Waals surface area contributed by atoms with Gasteiger partial charge in [0.05, 0.1) is 0 Å². The van der Waals surface area contributed by atoms with E-state index < -0.39 is 0 Å². The van der Waals surface area contributed by atoms with Gasteiger partial charge in [-0.3, -0.25) is 0 Å². The van der Waals surface area contributed by atoms with Crippen LogP contribution in [0.3, 0.4) is 0 Å². The maximum Gasteiger partial charge on any atom is 0.0431 e. The van der Waals surface area contributed by atoms with Crippen molar-refractivity contribution in [3.05, 3.63) is 0 Å². The summed E-state index contributed by atoms with van der Waals surface area (Å²) < 4.78 is 0. The van der Waals surface area contributed by atoms with Crippen LogP contribution in [0.4, 0.5) is 0 Å². The van der Waals surface area contributed by atoms with Crippen LogP contribution < -0.4 is 0 Å². The van der Waals surface area contributed by atoms with Crippen molar-refractivity contribution in [1.82, 2.24) is 0 Å². The Hall–Kier alpha value is 0.554. The first-order valence-electron chi connectivity index (χ1n) is 4.05. The van der Waals surface area contributed by atoms with Gasteiger partial charge in [0.15, 0.2) is 0 Å². The minimum Gasteiger partial charge on any atom is -0.412 e. The largest absolute Gasteiger partial charge is 0.412 e. The number of unbranched alkanes of at least 4 members (excludes halogenated alkanes) is 3. The van der Waals surface area contributed by atoms with Crippen LogP contribution in [-0.4, -0.2) is 34.4 Å². The van der Waals surface area contributed by atoms with Crippen molar-refractivity contribution in [3.63, 3.8) is 0 Å². The Morgan fingerprint density at radius 3 is 1.46 bits per heavy atom. The maximum absolute atomic E-state index is 8.29. The third kappa shape index (κ3) is 67.4. The Kier molecular flexibility index (Phi) is 87.6. The molecular weight excluding hydrogens is 208 g/mol. The summed E-state index contributed by atoms with van der Waals surface area (Å²) in [7, 11) is 0. The van der Waals surface area contributed by atoms with Gasteiger partial charge in [0.25, 0.3) is 0 Å². The van der Waals surface area contributed by atoms with E-state index in [4.69, 9.17) is 10.2 Å². The molecule has 0 aromatic carbocycles. The first kappa shape index (κ1) is 29.2. The average molecular weight is 232 g/mol. The molecule has 6 N–H and O–H groups in total. The van der Waals surface area contributed by atoms with E-state index in [1.807, 2.05) is 0 Å². The van der Waals surface area contributed by atoms with Crippen LogP contribution >= 0.6 is 0 Å². The van der Waals surface area contributed by atoms with E-state index in [0.29, 0.717) is 6.61 Å². The molecule has 0 aliphatic heterocycles. The molecule has 0 aliphatic carbocycles. The summed E-state index contributed by atoms with van der Waals surface area (Å²) in [6, 6.07) is 0. The quantitative estimate of drug-likeness (QED) is 0.522. The van der Waals surface area contributed by atoms with Gasteiger partial charge in [0.2, 0.25) is 0 Å². The molecule has 0 saturated heterocycles. The van der Waals surface area contributed by atoms with Gasteiger partial charge in [-0.1, -0.05) is 26.2 Å². The Morgan fingerprint density at radius 1 is 0.846 bits per heavy atom. The molecule has 0 amide bonds. The van der Waals surface area contributed by atoms with Crippen LogP contribution in [-0.2, 0) is 21.7 Å². The maximum atomic E-state index is 8.29. The van der Waals surface area contributed by atoms with Crippen LogP contribution in [0.1, 0.15) is 39.5 Å². The third-order valence-electron chi connectivity index (χ3n) is 1.01. The second kappa shape index (κ2) is 39.0. The standard InChI is InChI=1S/C6H14O.C2H6O.2H2O.Ti/c1-2-3-4-5-6-7;1-2-3;;;/h7H,2-6H2,1H3;3H,2H2,1H3;2*1H2;. The molecule has 0 saturated carbocycles. The van der Waals surface area contributed by atoms with Gasteiger partial charge >= 0.3 is 0 Å². The van der Waals surface area contributed by atoms with E-state index >= 15 is 0 Å². The van der Waals surface area contributed by atoms with Crippen molar-refractivity contribution in [2.75, 3.05) is 13.2 Å². The molecule has 84 valence electrons. The Labute approximate surface area is 95.9 Å². The monoisotopic (exact) mass is 232 g/mol. The predicted octanol–water partition coefficient (Wildman–Crippen LogP) is -0.0943. The van der Waals surface area contributed by atoms with Crippen LogP contribution in [0.25, 0.3) is 0 Å². The van der Waals surface area contributed by atoms with Gasteiger partial charge in [-0.25, -0.2) is 0 Å². The molecule has 13 heavy (non-hydrogen) atoms. The van der Waals surface area contributed by atoms with Gasteiger partial charge in [-0.05, 0) is 13.3 Å². The van der Waals surface area contributed by atoms with Crippen LogP contribution in [0, 0.1) is 0 Å². The van der Waals surface area contributed by atoms with Gasteiger partial charge < -0.3 is 21.2 Å². The van der Waals surface area contributed by atoms with E-state index in [2.05, 4.69) is 6.92 Å². The minimum absolute atomic E-state index is 0. The van der Waals surface area contributed by atoms with Crippen molar-refractivity contribution in [1.29, 1.82) is 0 Å². The summed E-state index contributed by atoms with van der Waals surface area (Å²) in [5, 5.41) is 15.9. The summed E-state index contributed by atoms with van der Waals surface area (Å²) in [5.74, 6) is 0. The molecule has 0 unspecified atom stereocenters. The van der Waals surface area contributed by atoms with E-state index in [1.54, 1.807) is 6.92 Å². The molecule has 0 fully saturated rings. The minimum atomic E-state index is 0. The molecule has 0 aromatic rings. The molecule has 5 heteroatoms. The second-order valence-electron chi connectivity index (χ2n) is 2.10. The van der Waals surface area contributed by atoms with Crippen LogP contribution in [0.15, 0.2) is 0 Å². The number of hydrogen-bond acceptors (Lipinski definition) is 2. The normalized spacial score (nSPS) is 6.46. The van der Waals surface area contributed by atoms with E-state index in [0.717, 1.165) is 6.42 Å². The van der Waals surface area contributed by atoms with E-state index in [9.17, 15) is 0 Å². The van der Waals surface area contributed by atoms with Crippen molar-refractivity contribution in [2.45, 2.75) is 39.5 Å². The van der Waals surface area contributed by atoms with Gasteiger partial charge in [-0.15, -0.1) is 0 Å². The molecule has 0 bridgehead atoms. The number of hydrogen-bond donors (Lipinski definition) is 2. The number of aliphatic hydroxyl groups is 2. The Balaban J connectivity index is -0.0000000320. The fourth-order valence-electron chi connectivity index (χ4n) is 0.539. The topological polar surface area (TPSA) is 103 Å². The summed E-state index contributed by atoms with van der Waals surface area (Å²) in [4.78, 5) is 0. The Bertz CT molecular complexity index is 43.1. The molecule has 0 spiro atoms. The smallest absolute Gasteiger partial charge is 0.0431 e. The molecule has 0 radical (unpaired) electrons. The van der Waals surface area contributed by atoms with Gasteiger partial charge in [0, 0.05) is 34.9 Å². The summed E-state index contributed by atoms with van der Waals surface area (Å²) >= 11 is 0. The first-order valence-corrected chi connectivity index (χ1v) is 4.05.